The number of aryl methyl sites for hydroxylation is 2. The van der Waals surface area contributed by atoms with Crippen LogP contribution in [0, 0.1) is 13.8 Å². The minimum absolute atomic E-state index is 0.104. The van der Waals surface area contributed by atoms with Gasteiger partial charge < -0.3 is 11.1 Å². The number of nitrogens with one attached hydrogen (secondary N) is 1. The summed E-state index contributed by atoms with van der Waals surface area (Å²) in [5.74, 6) is -0.104. The minimum atomic E-state index is -0.147. The molecule has 0 aliphatic rings. The van der Waals surface area contributed by atoms with Crippen molar-refractivity contribution in [2.75, 3.05) is 5.32 Å². The lowest BCUT2D eigenvalue weighted by molar-refractivity contribution is -0.116. The number of carbonyl (C=O) groups excluding carboxylic acids is 1. The van der Waals surface area contributed by atoms with Crippen molar-refractivity contribution >= 4 is 33.7 Å². The van der Waals surface area contributed by atoms with Crippen molar-refractivity contribution in [1.82, 2.24) is 9.97 Å². The summed E-state index contributed by atoms with van der Waals surface area (Å²) < 4.78 is 0. The molecule has 2 heterocycles. The predicted molar refractivity (Wildman–Crippen MR) is 79.6 cm³/mol. The van der Waals surface area contributed by atoms with Crippen molar-refractivity contribution < 1.29 is 4.79 Å². The Morgan fingerprint density at radius 3 is 2.79 bits per heavy atom. The van der Waals surface area contributed by atoms with E-state index in [4.69, 9.17) is 5.73 Å². The van der Waals surface area contributed by atoms with Crippen LogP contribution >= 0.6 is 22.7 Å². The molecule has 5 nitrogen and oxygen atoms in total. The van der Waals surface area contributed by atoms with Gasteiger partial charge in [-0.1, -0.05) is 0 Å². The van der Waals surface area contributed by atoms with Crippen LogP contribution in [-0.2, 0) is 4.79 Å². The van der Waals surface area contributed by atoms with Crippen molar-refractivity contribution in [3.05, 3.63) is 16.1 Å². The van der Waals surface area contributed by atoms with E-state index in [-0.39, 0.29) is 11.9 Å². The molecule has 2 aromatic heterocycles. The molecule has 0 aliphatic heterocycles. The molecule has 1 atom stereocenters. The van der Waals surface area contributed by atoms with Crippen molar-refractivity contribution in [3.8, 4) is 10.6 Å². The van der Waals surface area contributed by atoms with E-state index in [0.29, 0.717) is 11.6 Å². The van der Waals surface area contributed by atoms with Gasteiger partial charge in [0.15, 0.2) is 5.13 Å². The van der Waals surface area contributed by atoms with Gasteiger partial charge in [0.25, 0.3) is 0 Å². The number of hydrogen-bond acceptors (Lipinski definition) is 6. The normalized spacial score (nSPS) is 12.4. The molecular formula is C12H16N4OS2. The standard InChI is InChI=1S/C12H16N4OS2/c1-6(13)4-10(17)16-12-15-9(5-18-12)11-7(2)14-8(3)19-11/h5-6H,4,13H2,1-3H3,(H,15,16,17). The smallest absolute Gasteiger partial charge is 0.227 e. The van der Waals surface area contributed by atoms with Crippen molar-refractivity contribution in [2.24, 2.45) is 5.73 Å². The fourth-order valence-corrected chi connectivity index (χ4v) is 3.34. The van der Waals surface area contributed by atoms with E-state index >= 15 is 0 Å². The van der Waals surface area contributed by atoms with E-state index in [1.54, 1.807) is 18.3 Å². The van der Waals surface area contributed by atoms with Crippen molar-refractivity contribution in [1.29, 1.82) is 0 Å². The quantitative estimate of drug-likeness (QED) is 0.908. The van der Waals surface area contributed by atoms with E-state index in [1.807, 2.05) is 19.2 Å². The van der Waals surface area contributed by atoms with E-state index in [0.717, 1.165) is 21.3 Å². The third-order valence-corrected chi connectivity index (χ3v) is 4.25. The van der Waals surface area contributed by atoms with E-state index in [2.05, 4.69) is 15.3 Å². The number of hydrogen-bond donors (Lipinski definition) is 2. The van der Waals surface area contributed by atoms with Crippen LogP contribution in [0.1, 0.15) is 24.0 Å². The number of carbonyl (C=O) groups is 1. The Morgan fingerprint density at radius 1 is 1.47 bits per heavy atom. The highest BCUT2D eigenvalue weighted by molar-refractivity contribution is 7.16. The molecule has 2 aromatic rings. The number of amides is 1. The SMILES string of the molecule is Cc1nc(C)c(-c2csc(NC(=O)CC(C)N)n2)s1. The first-order valence-corrected chi connectivity index (χ1v) is 7.60. The molecule has 0 radical (unpaired) electrons. The summed E-state index contributed by atoms with van der Waals surface area (Å²) in [6.07, 6.45) is 0.299. The highest BCUT2D eigenvalue weighted by atomic mass is 32.1. The number of aromatic nitrogens is 2. The van der Waals surface area contributed by atoms with Gasteiger partial charge in [0, 0.05) is 17.8 Å². The Morgan fingerprint density at radius 2 is 2.21 bits per heavy atom. The summed E-state index contributed by atoms with van der Waals surface area (Å²) in [4.78, 5) is 21.5. The minimum Gasteiger partial charge on any atom is -0.327 e. The molecule has 7 heteroatoms. The van der Waals surface area contributed by atoms with Crippen LogP contribution in [0.15, 0.2) is 5.38 Å². The highest BCUT2D eigenvalue weighted by Crippen LogP contribution is 2.31. The number of rotatable bonds is 4. The molecule has 0 fully saturated rings. The molecule has 3 N–H and O–H groups in total. The van der Waals surface area contributed by atoms with E-state index in [1.165, 1.54) is 11.3 Å². The van der Waals surface area contributed by atoms with E-state index < -0.39 is 0 Å². The van der Waals surface area contributed by atoms with Gasteiger partial charge >= 0.3 is 0 Å². The largest absolute Gasteiger partial charge is 0.327 e. The molecule has 1 amide bonds. The Labute approximate surface area is 119 Å². The maximum absolute atomic E-state index is 11.6. The molecule has 0 aromatic carbocycles. The highest BCUT2D eigenvalue weighted by Gasteiger charge is 2.13. The fraction of sp³-hybridized carbons (Fsp3) is 0.417. The van der Waals surface area contributed by atoms with Gasteiger partial charge in [-0.3, -0.25) is 4.79 Å². The van der Waals surface area contributed by atoms with Crippen LogP contribution in [0.5, 0.6) is 0 Å². The summed E-state index contributed by atoms with van der Waals surface area (Å²) in [5.41, 5.74) is 7.42. The van der Waals surface area contributed by atoms with E-state index in [9.17, 15) is 4.79 Å². The molecule has 2 rings (SSSR count). The Hall–Kier alpha value is -1.31. The predicted octanol–water partition coefficient (Wildman–Crippen LogP) is 2.56. The molecule has 0 saturated heterocycles. The first-order valence-electron chi connectivity index (χ1n) is 5.91. The Kier molecular flexibility index (Phi) is 4.28. The number of anilines is 1. The third-order valence-electron chi connectivity index (χ3n) is 2.39. The molecule has 0 bridgehead atoms. The summed E-state index contributed by atoms with van der Waals surface area (Å²) in [5, 5.41) is 6.31. The van der Waals surface area contributed by atoms with Crippen LogP contribution in [0.2, 0.25) is 0 Å². The molecule has 0 saturated carbocycles. The lowest BCUT2D eigenvalue weighted by atomic mass is 10.2. The van der Waals surface area contributed by atoms with Crippen molar-refractivity contribution in [2.45, 2.75) is 33.2 Å². The van der Waals surface area contributed by atoms with Crippen LogP contribution < -0.4 is 11.1 Å². The summed E-state index contributed by atoms with van der Waals surface area (Å²) >= 11 is 3.02. The van der Waals surface area contributed by atoms with Crippen LogP contribution in [0.4, 0.5) is 5.13 Å². The molecule has 0 spiro atoms. The molecule has 19 heavy (non-hydrogen) atoms. The molecular weight excluding hydrogens is 280 g/mol. The van der Waals surface area contributed by atoms with Crippen LogP contribution in [0.3, 0.4) is 0 Å². The van der Waals surface area contributed by atoms with Gasteiger partial charge in [0.05, 0.1) is 21.3 Å². The Balaban J connectivity index is 2.11. The maximum Gasteiger partial charge on any atom is 0.227 e. The number of nitrogens with zero attached hydrogens (tertiary/aromatic N) is 2. The zero-order valence-corrected chi connectivity index (χ0v) is 12.7. The third kappa shape index (κ3) is 3.59. The van der Waals surface area contributed by atoms with Gasteiger partial charge in [-0.25, -0.2) is 9.97 Å². The zero-order chi connectivity index (χ0) is 14.0. The number of thiazole rings is 2. The monoisotopic (exact) mass is 296 g/mol. The zero-order valence-electron chi connectivity index (χ0n) is 11.1. The van der Waals surface area contributed by atoms with Gasteiger partial charge in [0.2, 0.25) is 5.91 Å². The topological polar surface area (TPSA) is 80.9 Å². The second-order valence-electron chi connectivity index (χ2n) is 4.41. The van der Waals surface area contributed by atoms with Gasteiger partial charge in [-0.05, 0) is 20.8 Å². The van der Waals surface area contributed by atoms with Gasteiger partial charge in [-0.2, -0.15) is 0 Å². The van der Waals surface area contributed by atoms with Crippen LogP contribution in [0.25, 0.3) is 10.6 Å². The summed E-state index contributed by atoms with van der Waals surface area (Å²) in [7, 11) is 0. The first-order chi connectivity index (χ1) is 8.95. The summed E-state index contributed by atoms with van der Waals surface area (Å²) in [6.45, 7) is 5.74. The first kappa shape index (κ1) is 14.1. The average Bonchev–Trinajstić information content (AvgIpc) is 2.84. The molecule has 0 aliphatic carbocycles. The maximum atomic E-state index is 11.6. The summed E-state index contributed by atoms with van der Waals surface area (Å²) in [6, 6.07) is -0.147. The lowest BCUT2D eigenvalue weighted by Gasteiger charge is -2.03. The van der Waals surface area contributed by atoms with Crippen LogP contribution in [-0.4, -0.2) is 21.9 Å². The van der Waals surface area contributed by atoms with Gasteiger partial charge in [0.1, 0.15) is 0 Å². The lowest BCUT2D eigenvalue weighted by Crippen LogP contribution is -2.23. The Bertz CT molecular complexity index is 588. The molecule has 1 unspecified atom stereocenters. The number of nitrogens with two attached hydrogens (primary N) is 1. The van der Waals surface area contributed by atoms with Crippen molar-refractivity contribution in [3.63, 3.8) is 0 Å². The average molecular weight is 296 g/mol. The molecule has 102 valence electrons. The second-order valence-corrected chi connectivity index (χ2v) is 6.48. The fourth-order valence-electron chi connectivity index (χ4n) is 1.67. The second kappa shape index (κ2) is 5.77. The van der Waals surface area contributed by atoms with Gasteiger partial charge in [-0.15, -0.1) is 22.7 Å².